The van der Waals surface area contributed by atoms with E-state index < -0.39 is 0 Å². The van der Waals surface area contributed by atoms with Crippen molar-refractivity contribution in [3.05, 3.63) is 18.2 Å². The number of hydrogen-bond donors (Lipinski definition) is 2. The maximum Gasteiger partial charge on any atom is 0.191 e. The molecule has 0 spiro atoms. The molecule has 1 aromatic rings. The van der Waals surface area contributed by atoms with Crippen molar-refractivity contribution >= 4 is 29.9 Å². The van der Waals surface area contributed by atoms with Crippen LogP contribution in [-0.2, 0) is 11.3 Å². The van der Waals surface area contributed by atoms with Crippen LogP contribution in [0.15, 0.2) is 17.4 Å². The third-order valence-electron chi connectivity index (χ3n) is 4.02. The number of aryl methyl sites for hydroxylation is 2. The van der Waals surface area contributed by atoms with Gasteiger partial charge < -0.3 is 24.8 Å². The van der Waals surface area contributed by atoms with Crippen LogP contribution in [0.25, 0.3) is 0 Å². The highest BCUT2D eigenvalue weighted by molar-refractivity contribution is 14.0. The Morgan fingerprint density at radius 1 is 1.27 bits per heavy atom. The lowest BCUT2D eigenvalue weighted by Gasteiger charge is -2.18. The van der Waals surface area contributed by atoms with Crippen molar-refractivity contribution in [2.24, 2.45) is 4.99 Å². The molecule has 26 heavy (non-hydrogen) atoms. The second kappa shape index (κ2) is 16.3. The average Bonchev–Trinajstić information content (AvgIpc) is 3.00. The maximum absolute atomic E-state index is 5.08. The topological polar surface area (TPSA) is 66.7 Å². The van der Waals surface area contributed by atoms with Gasteiger partial charge in [0.2, 0.25) is 0 Å². The Morgan fingerprint density at radius 3 is 2.73 bits per heavy atom. The lowest BCUT2D eigenvalue weighted by Crippen LogP contribution is -2.41. The number of hydrogen-bond acceptors (Lipinski definition) is 4. The normalized spacial score (nSPS) is 11.5. The Hall–Kier alpha value is -0.870. The molecule has 1 rings (SSSR count). The number of methoxy groups -OCH3 is 1. The molecule has 0 amide bonds. The first-order chi connectivity index (χ1) is 12.2. The van der Waals surface area contributed by atoms with Gasteiger partial charge in [0.05, 0.1) is 0 Å². The van der Waals surface area contributed by atoms with Crippen molar-refractivity contribution in [2.75, 3.05) is 53.5 Å². The predicted molar refractivity (Wildman–Crippen MR) is 120 cm³/mol. The fourth-order valence-corrected chi connectivity index (χ4v) is 2.52. The summed E-state index contributed by atoms with van der Waals surface area (Å²) in [5.41, 5.74) is 0. The fourth-order valence-electron chi connectivity index (χ4n) is 2.52. The lowest BCUT2D eigenvalue weighted by atomic mass is 10.3. The zero-order valence-electron chi connectivity index (χ0n) is 16.8. The summed E-state index contributed by atoms with van der Waals surface area (Å²) in [5, 5.41) is 6.71. The molecule has 1 aromatic heterocycles. The molecule has 0 aliphatic rings. The van der Waals surface area contributed by atoms with E-state index in [0.29, 0.717) is 0 Å². The molecule has 8 heteroatoms. The number of ether oxygens (including phenoxy) is 1. The molecule has 152 valence electrons. The third kappa shape index (κ3) is 11.7. The number of rotatable bonds is 13. The van der Waals surface area contributed by atoms with E-state index in [-0.39, 0.29) is 24.0 Å². The van der Waals surface area contributed by atoms with Gasteiger partial charge in [-0.2, -0.15) is 0 Å². The van der Waals surface area contributed by atoms with E-state index in [1.807, 2.05) is 19.3 Å². The minimum absolute atomic E-state index is 0. The van der Waals surface area contributed by atoms with Gasteiger partial charge in [-0.25, -0.2) is 4.98 Å². The number of aliphatic imine (C=N–C) groups is 1. The second-order valence-electron chi connectivity index (χ2n) is 6.21. The highest BCUT2D eigenvalue weighted by Gasteiger charge is 2.01. The van der Waals surface area contributed by atoms with E-state index in [0.717, 1.165) is 76.9 Å². The Bertz CT molecular complexity index is 480. The number of halogens is 1. The number of nitrogens with one attached hydrogen (secondary N) is 2. The molecule has 0 unspecified atom stereocenters. The van der Waals surface area contributed by atoms with Crippen molar-refractivity contribution in [2.45, 2.75) is 39.7 Å². The minimum Gasteiger partial charge on any atom is -0.385 e. The van der Waals surface area contributed by atoms with Gasteiger partial charge in [-0.1, -0.05) is 0 Å². The molecule has 2 N–H and O–H groups in total. The smallest absolute Gasteiger partial charge is 0.191 e. The maximum atomic E-state index is 5.08. The van der Waals surface area contributed by atoms with Gasteiger partial charge >= 0.3 is 0 Å². The molecule has 0 aromatic carbocycles. The van der Waals surface area contributed by atoms with Gasteiger partial charge in [-0.05, 0) is 40.2 Å². The molecule has 0 aliphatic heterocycles. The van der Waals surface area contributed by atoms with E-state index in [9.17, 15) is 0 Å². The van der Waals surface area contributed by atoms with Crippen molar-refractivity contribution in [3.8, 4) is 0 Å². The first-order valence-electron chi connectivity index (χ1n) is 9.34. The van der Waals surface area contributed by atoms with E-state index in [4.69, 9.17) is 4.74 Å². The highest BCUT2D eigenvalue weighted by atomic mass is 127. The molecule has 1 heterocycles. The van der Waals surface area contributed by atoms with Crippen LogP contribution in [-0.4, -0.2) is 73.9 Å². The zero-order chi connectivity index (χ0) is 18.3. The molecule has 7 nitrogen and oxygen atoms in total. The Morgan fingerprint density at radius 2 is 2.08 bits per heavy atom. The van der Waals surface area contributed by atoms with Crippen molar-refractivity contribution in [1.29, 1.82) is 0 Å². The van der Waals surface area contributed by atoms with Crippen LogP contribution in [0.2, 0.25) is 0 Å². The monoisotopic (exact) mass is 480 g/mol. The van der Waals surface area contributed by atoms with Gasteiger partial charge in [0.15, 0.2) is 5.96 Å². The van der Waals surface area contributed by atoms with Crippen LogP contribution >= 0.6 is 24.0 Å². The predicted octanol–water partition coefficient (Wildman–Crippen LogP) is 2.11. The van der Waals surface area contributed by atoms with Crippen molar-refractivity contribution in [1.82, 2.24) is 25.1 Å². The molecule has 0 radical (unpaired) electrons. The van der Waals surface area contributed by atoms with Crippen molar-refractivity contribution in [3.63, 3.8) is 0 Å². The number of aromatic nitrogens is 2. The molecular weight excluding hydrogens is 443 g/mol. The summed E-state index contributed by atoms with van der Waals surface area (Å²) >= 11 is 0. The van der Waals surface area contributed by atoms with Gasteiger partial charge in [0, 0.05) is 65.4 Å². The fraction of sp³-hybridized carbons (Fsp3) is 0.778. The van der Waals surface area contributed by atoms with Gasteiger partial charge in [0.1, 0.15) is 5.82 Å². The molecule has 0 bridgehead atoms. The quantitative estimate of drug-likeness (QED) is 0.196. The van der Waals surface area contributed by atoms with Gasteiger partial charge in [0.25, 0.3) is 0 Å². The molecule has 0 saturated carbocycles. The zero-order valence-corrected chi connectivity index (χ0v) is 19.2. The van der Waals surface area contributed by atoms with E-state index in [1.165, 1.54) is 0 Å². The summed E-state index contributed by atoms with van der Waals surface area (Å²) in [7, 11) is 3.89. The van der Waals surface area contributed by atoms with E-state index in [2.05, 4.69) is 44.0 Å². The minimum atomic E-state index is 0. The van der Waals surface area contributed by atoms with Crippen LogP contribution in [0, 0.1) is 6.92 Å². The molecule has 0 aliphatic carbocycles. The van der Waals surface area contributed by atoms with Crippen LogP contribution < -0.4 is 10.6 Å². The first-order valence-corrected chi connectivity index (χ1v) is 9.34. The summed E-state index contributed by atoms with van der Waals surface area (Å²) < 4.78 is 7.27. The van der Waals surface area contributed by atoms with E-state index >= 15 is 0 Å². The average molecular weight is 480 g/mol. The van der Waals surface area contributed by atoms with Crippen LogP contribution in [0.1, 0.15) is 32.0 Å². The Labute approximate surface area is 176 Å². The molecule has 0 atom stereocenters. The summed E-state index contributed by atoms with van der Waals surface area (Å²) in [6.45, 7) is 10.6. The van der Waals surface area contributed by atoms with Crippen LogP contribution in [0.4, 0.5) is 0 Å². The number of imidazole rings is 1. The second-order valence-corrected chi connectivity index (χ2v) is 6.21. The largest absolute Gasteiger partial charge is 0.385 e. The number of guanidine groups is 1. The summed E-state index contributed by atoms with van der Waals surface area (Å²) in [6.07, 6.45) is 7.14. The van der Waals surface area contributed by atoms with Crippen LogP contribution in [0.3, 0.4) is 0 Å². The number of nitrogens with zero attached hydrogens (tertiary/aromatic N) is 4. The Kier molecular flexibility index (Phi) is 15.8. The summed E-state index contributed by atoms with van der Waals surface area (Å²) in [6, 6.07) is 0. The Balaban J connectivity index is 0.00000625. The standard InChI is InChI=1S/C18H36N6O.HI/c1-5-19-18(22-10-14-23(3)12-8-16-25-4)21-9-6-7-13-24-15-11-20-17(24)2;/h11,15H,5-10,12-14,16H2,1-4H3,(H2,19,21,22);1H. The molecule has 0 saturated heterocycles. The third-order valence-corrected chi connectivity index (χ3v) is 4.02. The summed E-state index contributed by atoms with van der Waals surface area (Å²) in [5.74, 6) is 1.99. The number of unbranched alkanes of at least 4 members (excludes halogenated alkanes) is 1. The van der Waals surface area contributed by atoms with E-state index in [1.54, 1.807) is 7.11 Å². The molecule has 0 fully saturated rings. The SMILES string of the molecule is CCNC(=NCCCCn1ccnc1C)NCCN(C)CCCOC.I. The lowest BCUT2D eigenvalue weighted by molar-refractivity contribution is 0.180. The first kappa shape index (κ1) is 25.1. The number of likely N-dealkylation sites (N-methyl/N-ethyl adjacent to an activating group) is 1. The highest BCUT2D eigenvalue weighted by Crippen LogP contribution is 2.00. The van der Waals surface area contributed by atoms with Gasteiger partial charge in [-0.3, -0.25) is 4.99 Å². The van der Waals surface area contributed by atoms with Crippen LogP contribution in [0.5, 0.6) is 0 Å². The van der Waals surface area contributed by atoms with Gasteiger partial charge in [-0.15, -0.1) is 24.0 Å². The summed E-state index contributed by atoms with van der Waals surface area (Å²) in [4.78, 5) is 11.2. The molecular formula is C18H37IN6O. The van der Waals surface area contributed by atoms with Crippen molar-refractivity contribution < 1.29 is 4.74 Å².